The third-order valence-corrected chi connectivity index (χ3v) is 3.16. The Kier molecular flexibility index (Phi) is 3.39. The predicted molar refractivity (Wildman–Crippen MR) is 73.4 cm³/mol. The number of carbonyl (C=O) groups excluding carboxylic acids is 1. The molecule has 1 aromatic carbocycles. The van der Waals surface area contributed by atoms with E-state index in [1.54, 1.807) is 12.5 Å². The second-order valence-electron chi connectivity index (χ2n) is 4.86. The number of phenolic OH excluding ortho intramolecular Hbond substituents is 1. The maximum atomic E-state index is 12.2. The van der Waals surface area contributed by atoms with Crippen molar-refractivity contribution in [1.29, 1.82) is 0 Å². The highest BCUT2D eigenvalue weighted by Gasteiger charge is 2.21. The fraction of sp³-hybridized carbons (Fsp3) is 0.286. The van der Waals surface area contributed by atoms with Gasteiger partial charge in [-0.05, 0) is 6.92 Å². The Morgan fingerprint density at radius 2 is 2.24 bits per heavy atom. The van der Waals surface area contributed by atoms with Gasteiger partial charge in [0.15, 0.2) is 11.5 Å². The molecule has 0 radical (unpaired) electrons. The number of nitrogens with zero attached hydrogens (tertiary/aromatic N) is 2. The summed E-state index contributed by atoms with van der Waals surface area (Å²) in [4.78, 5) is 16.2. The average molecular weight is 289 g/mol. The molecule has 7 heteroatoms. The molecule has 3 rings (SSSR count). The lowest BCUT2D eigenvalue weighted by molar-refractivity contribution is 0.0933. The van der Waals surface area contributed by atoms with Gasteiger partial charge in [-0.25, -0.2) is 4.98 Å². The van der Waals surface area contributed by atoms with Crippen LogP contribution in [0.4, 0.5) is 0 Å². The number of rotatable bonds is 4. The lowest BCUT2D eigenvalue weighted by atomic mass is 10.1. The van der Waals surface area contributed by atoms with Crippen LogP contribution in [0.15, 0.2) is 30.9 Å². The number of imidazole rings is 1. The number of hydrogen-bond acceptors (Lipinski definition) is 5. The molecule has 0 fully saturated rings. The number of aromatic nitrogens is 2. The van der Waals surface area contributed by atoms with Crippen molar-refractivity contribution < 1.29 is 19.4 Å². The van der Waals surface area contributed by atoms with Crippen molar-refractivity contribution in [2.45, 2.75) is 19.5 Å². The van der Waals surface area contributed by atoms with Gasteiger partial charge < -0.3 is 24.5 Å². The lowest BCUT2D eigenvalue weighted by Gasteiger charge is -2.15. The van der Waals surface area contributed by atoms with E-state index in [0.717, 1.165) is 0 Å². The standard InChI is InChI=1S/C14H15N3O4/c1-9(6-17-3-2-15-7-17)16-14(19)10-4-12-13(5-11(10)18)21-8-20-12/h2-5,7,9,18H,6,8H2,1H3,(H,16,19). The third kappa shape index (κ3) is 2.76. The van der Waals surface area contributed by atoms with Crippen LogP contribution in [0.1, 0.15) is 17.3 Å². The van der Waals surface area contributed by atoms with E-state index in [1.165, 1.54) is 12.1 Å². The monoisotopic (exact) mass is 289 g/mol. The topological polar surface area (TPSA) is 85.6 Å². The van der Waals surface area contributed by atoms with Crippen LogP contribution < -0.4 is 14.8 Å². The summed E-state index contributed by atoms with van der Waals surface area (Å²) in [5, 5.41) is 12.7. The second-order valence-corrected chi connectivity index (χ2v) is 4.86. The Morgan fingerprint density at radius 3 is 2.95 bits per heavy atom. The summed E-state index contributed by atoms with van der Waals surface area (Å²) in [6, 6.07) is 2.76. The quantitative estimate of drug-likeness (QED) is 0.881. The molecule has 1 amide bonds. The third-order valence-electron chi connectivity index (χ3n) is 3.16. The summed E-state index contributed by atoms with van der Waals surface area (Å²) in [6.07, 6.45) is 5.18. The maximum Gasteiger partial charge on any atom is 0.255 e. The van der Waals surface area contributed by atoms with Crippen LogP contribution in [0, 0.1) is 0 Å². The molecule has 1 aliphatic rings. The van der Waals surface area contributed by atoms with Crippen molar-refractivity contribution in [2.24, 2.45) is 0 Å². The van der Waals surface area contributed by atoms with Crippen molar-refractivity contribution in [1.82, 2.24) is 14.9 Å². The first-order valence-electron chi connectivity index (χ1n) is 6.52. The van der Waals surface area contributed by atoms with Crippen LogP contribution in [0.3, 0.4) is 0 Å². The number of nitrogens with one attached hydrogen (secondary N) is 1. The molecule has 0 saturated heterocycles. The molecule has 1 unspecified atom stereocenters. The van der Waals surface area contributed by atoms with Gasteiger partial charge in [-0.1, -0.05) is 0 Å². The molecule has 0 aliphatic carbocycles. The van der Waals surface area contributed by atoms with Gasteiger partial charge in [0.1, 0.15) is 5.75 Å². The van der Waals surface area contributed by atoms with E-state index in [2.05, 4.69) is 10.3 Å². The van der Waals surface area contributed by atoms with E-state index in [4.69, 9.17) is 9.47 Å². The van der Waals surface area contributed by atoms with E-state index in [9.17, 15) is 9.90 Å². The second kappa shape index (κ2) is 5.35. The molecule has 110 valence electrons. The SMILES string of the molecule is CC(Cn1ccnc1)NC(=O)c1cc2c(cc1O)OCO2. The summed E-state index contributed by atoms with van der Waals surface area (Å²) in [5.41, 5.74) is 0.164. The Balaban J connectivity index is 1.70. The van der Waals surface area contributed by atoms with Crippen molar-refractivity contribution in [2.75, 3.05) is 6.79 Å². The van der Waals surface area contributed by atoms with Gasteiger partial charge in [0.25, 0.3) is 5.91 Å². The highest BCUT2D eigenvalue weighted by Crippen LogP contribution is 2.37. The van der Waals surface area contributed by atoms with Crippen molar-refractivity contribution in [3.8, 4) is 17.2 Å². The van der Waals surface area contributed by atoms with Gasteiger partial charge in [0, 0.05) is 37.1 Å². The molecule has 1 aliphatic heterocycles. The fourth-order valence-electron chi connectivity index (χ4n) is 2.17. The number of phenols is 1. The van der Waals surface area contributed by atoms with E-state index in [1.807, 2.05) is 17.7 Å². The molecule has 1 atom stereocenters. The Morgan fingerprint density at radius 1 is 1.48 bits per heavy atom. The zero-order valence-corrected chi connectivity index (χ0v) is 11.4. The largest absolute Gasteiger partial charge is 0.507 e. The Labute approximate surface area is 121 Å². The van der Waals surface area contributed by atoms with Crippen LogP contribution >= 0.6 is 0 Å². The molecule has 0 saturated carbocycles. The Hall–Kier alpha value is -2.70. The van der Waals surface area contributed by atoms with Gasteiger partial charge in [-0.2, -0.15) is 0 Å². The first-order valence-corrected chi connectivity index (χ1v) is 6.52. The summed E-state index contributed by atoms with van der Waals surface area (Å²) >= 11 is 0. The first-order chi connectivity index (χ1) is 10.1. The smallest absolute Gasteiger partial charge is 0.255 e. The molecule has 0 bridgehead atoms. The molecule has 2 aromatic rings. The molecule has 21 heavy (non-hydrogen) atoms. The fourth-order valence-corrected chi connectivity index (χ4v) is 2.17. The molecular weight excluding hydrogens is 274 g/mol. The number of amides is 1. The number of aromatic hydroxyl groups is 1. The minimum atomic E-state index is -0.363. The van der Waals surface area contributed by atoms with Crippen LogP contribution in [-0.4, -0.2) is 33.4 Å². The van der Waals surface area contributed by atoms with Gasteiger partial charge in [0.05, 0.1) is 11.9 Å². The van der Waals surface area contributed by atoms with Gasteiger partial charge in [-0.15, -0.1) is 0 Å². The van der Waals surface area contributed by atoms with Crippen LogP contribution in [0.2, 0.25) is 0 Å². The molecule has 0 spiro atoms. The highest BCUT2D eigenvalue weighted by molar-refractivity contribution is 5.97. The normalized spacial score (nSPS) is 14.0. The van der Waals surface area contributed by atoms with Crippen LogP contribution in [0.25, 0.3) is 0 Å². The zero-order chi connectivity index (χ0) is 14.8. The van der Waals surface area contributed by atoms with Gasteiger partial charge in [0.2, 0.25) is 6.79 Å². The van der Waals surface area contributed by atoms with E-state index >= 15 is 0 Å². The number of ether oxygens (including phenoxy) is 2. The zero-order valence-electron chi connectivity index (χ0n) is 11.4. The summed E-state index contributed by atoms with van der Waals surface area (Å²) < 4.78 is 12.2. The van der Waals surface area contributed by atoms with E-state index in [0.29, 0.717) is 18.0 Å². The van der Waals surface area contributed by atoms with Crippen molar-refractivity contribution in [3.63, 3.8) is 0 Å². The molecule has 2 heterocycles. The van der Waals surface area contributed by atoms with Gasteiger partial charge in [-0.3, -0.25) is 4.79 Å². The molecular formula is C14H15N3O4. The lowest BCUT2D eigenvalue weighted by Crippen LogP contribution is -2.35. The maximum absolute atomic E-state index is 12.2. The van der Waals surface area contributed by atoms with Crippen molar-refractivity contribution >= 4 is 5.91 Å². The number of hydrogen-bond donors (Lipinski definition) is 2. The van der Waals surface area contributed by atoms with Gasteiger partial charge >= 0.3 is 0 Å². The van der Waals surface area contributed by atoms with Crippen molar-refractivity contribution in [3.05, 3.63) is 36.4 Å². The minimum absolute atomic E-state index is 0.0941. The molecule has 1 aromatic heterocycles. The summed E-state index contributed by atoms with van der Waals surface area (Å²) in [5.74, 6) is 0.403. The molecule has 7 nitrogen and oxygen atoms in total. The predicted octanol–water partition coefficient (Wildman–Crippen LogP) is 1.14. The van der Waals surface area contributed by atoms with Crippen LogP contribution in [-0.2, 0) is 6.54 Å². The number of fused-ring (bicyclic) bond motifs is 1. The summed E-state index contributed by atoms with van der Waals surface area (Å²) in [6.45, 7) is 2.57. The Bertz CT molecular complexity index is 654. The van der Waals surface area contributed by atoms with E-state index < -0.39 is 0 Å². The molecule has 2 N–H and O–H groups in total. The minimum Gasteiger partial charge on any atom is -0.507 e. The number of carbonyl (C=O) groups is 1. The number of benzene rings is 1. The van der Waals surface area contributed by atoms with Crippen LogP contribution in [0.5, 0.6) is 17.2 Å². The average Bonchev–Trinajstić information content (AvgIpc) is 3.08. The van der Waals surface area contributed by atoms with E-state index in [-0.39, 0.29) is 30.1 Å². The first kappa shape index (κ1) is 13.3. The highest BCUT2D eigenvalue weighted by atomic mass is 16.7. The summed E-state index contributed by atoms with van der Waals surface area (Å²) in [7, 11) is 0.